The number of nitrogens with two attached hydrogens (primary N) is 1. The van der Waals surface area contributed by atoms with Gasteiger partial charge in [0.15, 0.2) is 5.13 Å². The predicted octanol–water partition coefficient (Wildman–Crippen LogP) is 2.45. The lowest BCUT2D eigenvalue weighted by Crippen LogP contribution is -2.27. The quantitative estimate of drug-likeness (QED) is 0.740. The Balaban J connectivity index is 1.54. The molecule has 0 radical (unpaired) electrons. The molecule has 1 aliphatic heterocycles. The summed E-state index contributed by atoms with van der Waals surface area (Å²) in [4.78, 5) is 16.6. The highest BCUT2D eigenvalue weighted by Crippen LogP contribution is 2.25. The predicted molar refractivity (Wildman–Crippen MR) is 90.4 cm³/mol. The van der Waals surface area contributed by atoms with Gasteiger partial charge in [-0.05, 0) is 37.3 Å². The third kappa shape index (κ3) is 3.39. The summed E-state index contributed by atoms with van der Waals surface area (Å²) in [7, 11) is 0. The molecule has 3 rings (SSSR count). The summed E-state index contributed by atoms with van der Waals surface area (Å²) >= 11 is 1.45. The van der Waals surface area contributed by atoms with E-state index in [-0.39, 0.29) is 5.91 Å². The first kappa shape index (κ1) is 14.8. The highest BCUT2D eigenvalue weighted by molar-refractivity contribution is 7.13. The molecule has 2 heterocycles. The lowest BCUT2D eigenvalue weighted by Gasteiger charge is -2.20. The van der Waals surface area contributed by atoms with E-state index >= 15 is 0 Å². The minimum Gasteiger partial charge on any atom is -0.384 e. The number of nitrogens with one attached hydrogen (secondary N) is 2. The number of carbonyl (C=O) groups excluding carboxylic acids is 1. The van der Waals surface area contributed by atoms with Gasteiger partial charge in [-0.1, -0.05) is 12.1 Å². The zero-order chi connectivity index (χ0) is 15.4. The van der Waals surface area contributed by atoms with Crippen LogP contribution in [0.15, 0.2) is 23.6 Å². The normalized spacial score (nSPS) is 13.3. The smallest absolute Gasteiger partial charge is 0.253 e. The zero-order valence-corrected chi connectivity index (χ0v) is 13.2. The second kappa shape index (κ2) is 6.79. The Kier molecular flexibility index (Phi) is 4.58. The largest absolute Gasteiger partial charge is 0.384 e. The average Bonchev–Trinajstić information content (AvgIpc) is 2.96. The van der Waals surface area contributed by atoms with Crippen molar-refractivity contribution in [3.05, 3.63) is 40.4 Å². The summed E-state index contributed by atoms with van der Waals surface area (Å²) in [6.07, 6.45) is 3.85. The van der Waals surface area contributed by atoms with Crippen LogP contribution < -0.4 is 16.4 Å². The summed E-state index contributed by atoms with van der Waals surface area (Å²) in [6.45, 7) is 1.57. The fraction of sp³-hybridized carbons (Fsp3) is 0.375. The van der Waals surface area contributed by atoms with Crippen molar-refractivity contribution in [1.82, 2.24) is 10.3 Å². The van der Waals surface area contributed by atoms with Crippen LogP contribution in [0, 0.1) is 0 Å². The van der Waals surface area contributed by atoms with Crippen LogP contribution in [0.2, 0.25) is 0 Å². The molecule has 0 spiro atoms. The second-order valence-electron chi connectivity index (χ2n) is 5.41. The fourth-order valence-electron chi connectivity index (χ4n) is 2.70. The van der Waals surface area contributed by atoms with E-state index in [2.05, 4.69) is 21.7 Å². The molecule has 0 aliphatic carbocycles. The Morgan fingerprint density at radius 1 is 1.45 bits per heavy atom. The van der Waals surface area contributed by atoms with Gasteiger partial charge in [-0.15, -0.1) is 11.3 Å². The maximum Gasteiger partial charge on any atom is 0.253 e. The van der Waals surface area contributed by atoms with E-state index < -0.39 is 0 Å². The van der Waals surface area contributed by atoms with Crippen molar-refractivity contribution >= 4 is 28.1 Å². The minimum absolute atomic E-state index is 0.0101. The molecule has 0 saturated heterocycles. The van der Waals surface area contributed by atoms with E-state index in [4.69, 9.17) is 5.73 Å². The van der Waals surface area contributed by atoms with Gasteiger partial charge in [-0.25, -0.2) is 4.98 Å². The molecule has 0 atom stereocenters. The Morgan fingerprint density at radius 3 is 3.18 bits per heavy atom. The number of amides is 1. The molecule has 4 N–H and O–H groups in total. The van der Waals surface area contributed by atoms with Gasteiger partial charge in [0, 0.05) is 18.5 Å². The van der Waals surface area contributed by atoms with Crippen molar-refractivity contribution in [3.63, 3.8) is 0 Å². The molecule has 5 nitrogen and oxygen atoms in total. The summed E-state index contributed by atoms with van der Waals surface area (Å²) in [5.41, 5.74) is 9.58. The van der Waals surface area contributed by atoms with Gasteiger partial charge < -0.3 is 16.4 Å². The number of rotatable bonds is 5. The maximum absolute atomic E-state index is 12.3. The number of aryl methyl sites for hydroxylation is 2. The van der Waals surface area contributed by atoms with Crippen LogP contribution >= 0.6 is 11.3 Å². The second-order valence-corrected chi connectivity index (χ2v) is 6.30. The molecule has 22 heavy (non-hydrogen) atoms. The van der Waals surface area contributed by atoms with Crippen molar-refractivity contribution in [3.8, 4) is 0 Å². The van der Waals surface area contributed by atoms with Gasteiger partial charge in [0.25, 0.3) is 5.91 Å². The summed E-state index contributed by atoms with van der Waals surface area (Å²) in [6, 6.07) is 5.93. The van der Waals surface area contributed by atoms with E-state index in [1.165, 1.54) is 16.9 Å². The Morgan fingerprint density at radius 2 is 2.36 bits per heavy atom. The lowest BCUT2D eigenvalue weighted by molar-refractivity contribution is 0.0954. The molecule has 0 bridgehead atoms. The molecule has 1 aromatic carbocycles. The first-order valence-electron chi connectivity index (χ1n) is 7.58. The fourth-order valence-corrected chi connectivity index (χ4v) is 3.30. The molecule has 0 unspecified atom stereocenters. The Labute approximate surface area is 133 Å². The van der Waals surface area contributed by atoms with E-state index in [1.54, 1.807) is 0 Å². The number of benzene rings is 1. The van der Waals surface area contributed by atoms with Crippen molar-refractivity contribution in [2.75, 3.05) is 24.1 Å². The zero-order valence-electron chi connectivity index (χ0n) is 12.4. The number of nitrogen functional groups attached to an aromatic ring is 1. The topological polar surface area (TPSA) is 80.0 Å². The third-order valence-electron chi connectivity index (χ3n) is 3.78. The first-order valence-corrected chi connectivity index (χ1v) is 8.46. The van der Waals surface area contributed by atoms with Crippen molar-refractivity contribution in [2.24, 2.45) is 0 Å². The summed E-state index contributed by atoms with van der Waals surface area (Å²) in [5.74, 6) is -0.0101. The number of carbonyl (C=O) groups is 1. The number of hydrogen-bond acceptors (Lipinski definition) is 5. The van der Waals surface area contributed by atoms with Gasteiger partial charge in [0.2, 0.25) is 0 Å². The van der Waals surface area contributed by atoms with E-state index in [9.17, 15) is 4.79 Å². The van der Waals surface area contributed by atoms with E-state index in [0.717, 1.165) is 49.2 Å². The third-order valence-corrected chi connectivity index (χ3v) is 4.51. The van der Waals surface area contributed by atoms with Crippen molar-refractivity contribution in [1.29, 1.82) is 0 Å². The van der Waals surface area contributed by atoms with E-state index in [0.29, 0.717) is 11.7 Å². The van der Waals surface area contributed by atoms with Crippen LogP contribution in [0.25, 0.3) is 0 Å². The molecular formula is C16H20N4OS. The molecule has 0 saturated carbocycles. The van der Waals surface area contributed by atoms with Crippen LogP contribution in [0.3, 0.4) is 0 Å². The highest BCUT2D eigenvalue weighted by atomic mass is 32.1. The van der Waals surface area contributed by atoms with Gasteiger partial charge in [0.05, 0.1) is 16.9 Å². The van der Waals surface area contributed by atoms with Crippen LogP contribution in [-0.2, 0) is 12.8 Å². The molecule has 2 aromatic rings. The van der Waals surface area contributed by atoms with Crippen LogP contribution in [0.4, 0.5) is 10.8 Å². The molecule has 1 amide bonds. The number of thiazole rings is 1. The molecule has 1 aliphatic rings. The molecule has 6 heteroatoms. The van der Waals surface area contributed by atoms with Gasteiger partial charge in [0.1, 0.15) is 0 Å². The van der Waals surface area contributed by atoms with Gasteiger partial charge in [-0.3, -0.25) is 4.79 Å². The molecule has 0 fully saturated rings. The Hall–Kier alpha value is -2.08. The van der Waals surface area contributed by atoms with E-state index in [1.807, 2.05) is 17.5 Å². The SMILES string of the molecule is Nc1nc(CCCNC(=O)c2cccc3c2NCCC3)cs1. The summed E-state index contributed by atoms with van der Waals surface area (Å²) in [5, 5.41) is 8.90. The average molecular weight is 316 g/mol. The maximum atomic E-state index is 12.3. The number of fused-ring (bicyclic) bond motifs is 1. The minimum atomic E-state index is -0.0101. The van der Waals surface area contributed by atoms with Gasteiger partial charge >= 0.3 is 0 Å². The van der Waals surface area contributed by atoms with Gasteiger partial charge in [-0.2, -0.15) is 0 Å². The van der Waals surface area contributed by atoms with Crippen molar-refractivity contribution in [2.45, 2.75) is 25.7 Å². The number of hydrogen-bond donors (Lipinski definition) is 3. The molecule has 116 valence electrons. The monoisotopic (exact) mass is 316 g/mol. The lowest BCUT2D eigenvalue weighted by atomic mass is 9.99. The van der Waals surface area contributed by atoms with Crippen molar-refractivity contribution < 1.29 is 4.79 Å². The van der Waals surface area contributed by atoms with Crippen LogP contribution in [0.5, 0.6) is 0 Å². The number of para-hydroxylation sites is 1. The van der Waals surface area contributed by atoms with Crippen LogP contribution in [-0.4, -0.2) is 24.0 Å². The highest BCUT2D eigenvalue weighted by Gasteiger charge is 2.16. The molecule has 1 aromatic heterocycles. The number of anilines is 2. The van der Waals surface area contributed by atoms with Crippen LogP contribution in [0.1, 0.15) is 34.5 Å². The number of nitrogens with zero attached hydrogens (tertiary/aromatic N) is 1. The number of aromatic nitrogens is 1. The first-order chi connectivity index (χ1) is 10.7. The molecular weight excluding hydrogens is 296 g/mol. The summed E-state index contributed by atoms with van der Waals surface area (Å²) < 4.78 is 0. The standard InChI is InChI=1S/C16H20N4OS/c17-16-20-12(10-22-16)6-3-9-19-15(21)13-7-1-4-11-5-2-8-18-14(11)13/h1,4,7,10,18H,2-3,5-6,8-9H2,(H2,17,20)(H,19,21). The Bertz CT molecular complexity index is 668.